The van der Waals surface area contributed by atoms with Gasteiger partial charge in [-0.3, -0.25) is 4.79 Å². The highest BCUT2D eigenvalue weighted by molar-refractivity contribution is 5.99. The Kier molecular flexibility index (Phi) is 4.54. The number of benzene rings is 4. The fourth-order valence-corrected chi connectivity index (χ4v) is 3.55. The first-order valence-corrected chi connectivity index (χ1v) is 9.65. The first-order chi connectivity index (χ1) is 14.8. The molecule has 0 unspecified atom stereocenters. The Morgan fingerprint density at radius 1 is 0.767 bits per heavy atom. The largest absolute Gasteiger partial charge is 0.268 e. The molecule has 0 bridgehead atoms. The van der Waals surface area contributed by atoms with Gasteiger partial charge < -0.3 is 0 Å². The lowest BCUT2D eigenvalue weighted by Crippen LogP contribution is -2.22. The van der Waals surface area contributed by atoms with Gasteiger partial charge in [0.1, 0.15) is 0 Å². The summed E-state index contributed by atoms with van der Waals surface area (Å²) < 4.78 is 1.54. The van der Waals surface area contributed by atoms with Crippen molar-refractivity contribution in [2.75, 3.05) is 5.43 Å². The van der Waals surface area contributed by atoms with Crippen LogP contribution in [-0.4, -0.2) is 15.8 Å². The van der Waals surface area contributed by atoms with Crippen LogP contribution in [0, 0.1) is 0 Å². The van der Waals surface area contributed by atoms with E-state index in [2.05, 4.69) is 33.7 Å². The summed E-state index contributed by atoms with van der Waals surface area (Å²) in [5, 5.41) is 7.21. The lowest BCUT2D eigenvalue weighted by molar-refractivity contribution is 0.956. The Hall–Kier alpha value is -4.25. The van der Waals surface area contributed by atoms with Crippen LogP contribution in [0.15, 0.2) is 107 Å². The Morgan fingerprint density at radius 3 is 2.33 bits per heavy atom. The van der Waals surface area contributed by atoms with Crippen LogP contribution in [0.2, 0.25) is 0 Å². The minimum atomic E-state index is -0.144. The smallest absolute Gasteiger partial charge is 0.267 e. The fraction of sp³-hybridized carbons (Fsp3) is 0. The van der Waals surface area contributed by atoms with E-state index < -0.39 is 0 Å². The summed E-state index contributed by atoms with van der Waals surface area (Å²) in [5.74, 6) is 0.362. The first-order valence-electron chi connectivity index (χ1n) is 9.65. The zero-order chi connectivity index (χ0) is 20.3. The summed E-state index contributed by atoms with van der Waals surface area (Å²) in [4.78, 5) is 17.8. The quantitative estimate of drug-likeness (QED) is 0.348. The molecule has 0 amide bonds. The number of hydrogen-bond donors (Lipinski definition) is 1. The molecule has 0 spiro atoms. The van der Waals surface area contributed by atoms with E-state index in [1.54, 1.807) is 16.8 Å². The Labute approximate surface area is 172 Å². The summed E-state index contributed by atoms with van der Waals surface area (Å²) in [7, 11) is 0. The van der Waals surface area contributed by atoms with Crippen molar-refractivity contribution in [1.82, 2.24) is 9.55 Å². The molecule has 5 rings (SSSR count). The maximum atomic E-state index is 13.2. The first kappa shape index (κ1) is 17.8. The molecule has 144 valence electrons. The van der Waals surface area contributed by atoms with Crippen molar-refractivity contribution in [2.24, 2.45) is 5.10 Å². The van der Waals surface area contributed by atoms with Gasteiger partial charge in [-0.2, -0.15) is 5.10 Å². The van der Waals surface area contributed by atoms with Crippen LogP contribution >= 0.6 is 0 Å². The van der Waals surface area contributed by atoms with Crippen molar-refractivity contribution >= 4 is 33.8 Å². The molecule has 0 saturated heterocycles. The van der Waals surface area contributed by atoms with Crippen molar-refractivity contribution in [3.05, 3.63) is 113 Å². The van der Waals surface area contributed by atoms with Crippen LogP contribution in [0.5, 0.6) is 0 Å². The van der Waals surface area contributed by atoms with E-state index >= 15 is 0 Å². The molecule has 5 nitrogen and oxygen atoms in total. The van der Waals surface area contributed by atoms with Gasteiger partial charge in [-0.1, -0.05) is 72.8 Å². The highest BCUT2D eigenvalue weighted by atomic mass is 16.1. The lowest BCUT2D eigenvalue weighted by Gasteiger charge is -2.12. The Balaban J connectivity index is 1.60. The Morgan fingerprint density at radius 2 is 1.47 bits per heavy atom. The Bertz CT molecular complexity index is 1430. The molecule has 0 aliphatic carbocycles. The SMILES string of the molecule is O=c1c2ccccc2nc(N/N=C/c2cccc3ccccc23)n1-c1ccccc1. The molecule has 1 heterocycles. The number of nitrogens with zero attached hydrogens (tertiary/aromatic N) is 3. The molecular weight excluding hydrogens is 372 g/mol. The van der Waals surface area contributed by atoms with E-state index in [4.69, 9.17) is 0 Å². The predicted molar refractivity (Wildman–Crippen MR) is 123 cm³/mol. The molecule has 1 aromatic heterocycles. The second-order valence-electron chi connectivity index (χ2n) is 6.87. The maximum Gasteiger partial charge on any atom is 0.267 e. The van der Waals surface area contributed by atoms with Crippen molar-refractivity contribution in [3.8, 4) is 5.69 Å². The topological polar surface area (TPSA) is 59.3 Å². The second-order valence-corrected chi connectivity index (χ2v) is 6.87. The molecule has 0 saturated carbocycles. The van der Waals surface area contributed by atoms with Gasteiger partial charge in [0.2, 0.25) is 5.95 Å². The average Bonchev–Trinajstić information content (AvgIpc) is 2.80. The summed E-state index contributed by atoms with van der Waals surface area (Å²) in [6, 6.07) is 31.0. The van der Waals surface area contributed by atoms with E-state index in [1.807, 2.05) is 72.8 Å². The second kappa shape index (κ2) is 7.64. The van der Waals surface area contributed by atoms with Crippen molar-refractivity contribution in [2.45, 2.75) is 0 Å². The van der Waals surface area contributed by atoms with Crippen molar-refractivity contribution in [1.29, 1.82) is 0 Å². The monoisotopic (exact) mass is 390 g/mol. The number of fused-ring (bicyclic) bond motifs is 2. The number of nitrogens with one attached hydrogen (secondary N) is 1. The third-order valence-electron chi connectivity index (χ3n) is 4.98. The highest BCUT2D eigenvalue weighted by Gasteiger charge is 2.12. The number of anilines is 1. The molecule has 0 radical (unpaired) electrons. The van der Waals surface area contributed by atoms with E-state index in [0.29, 0.717) is 16.9 Å². The number of hydrogen-bond acceptors (Lipinski definition) is 4. The van der Waals surface area contributed by atoms with E-state index in [-0.39, 0.29) is 5.56 Å². The van der Waals surface area contributed by atoms with Crippen molar-refractivity contribution < 1.29 is 0 Å². The molecule has 5 heteroatoms. The van der Waals surface area contributed by atoms with Gasteiger partial charge in [0.15, 0.2) is 0 Å². The van der Waals surface area contributed by atoms with E-state index in [9.17, 15) is 4.79 Å². The van der Waals surface area contributed by atoms with Gasteiger partial charge >= 0.3 is 0 Å². The molecule has 0 fully saturated rings. The standard InChI is InChI=1S/C25H18N4O/c30-24-22-15-6-7-16-23(22)27-25(29(24)20-12-2-1-3-13-20)28-26-17-19-11-8-10-18-9-4-5-14-21(18)19/h1-17H,(H,27,28)/b26-17+. The minimum absolute atomic E-state index is 0.144. The normalized spacial score (nSPS) is 11.3. The number of para-hydroxylation sites is 2. The molecular formula is C25H18N4O. The van der Waals surface area contributed by atoms with E-state index in [1.165, 1.54) is 0 Å². The van der Waals surface area contributed by atoms with Gasteiger partial charge in [-0.25, -0.2) is 15.0 Å². The number of hydrazone groups is 1. The predicted octanol–water partition coefficient (Wildman–Crippen LogP) is 4.98. The lowest BCUT2D eigenvalue weighted by atomic mass is 10.1. The van der Waals surface area contributed by atoms with Gasteiger partial charge in [-0.15, -0.1) is 0 Å². The number of aromatic nitrogens is 2. The average molecular weight is 390 g/mol. The van der Waals surface area contributed by atoms with Gasteiger partial charge in [0, 0.05) is 5.56 Å². The summed E-state index contributed by atoms with van der Waals surface area (Å²) in [5.41, 5.74) is 5.17. The third kappa shape index (κ3) is 3.22. The molecule has 5 aromatic rings. The fourth-order valence-electron chi connectivity index (χ4n) is 3.55. The zero-order valence-corrected chi connectivity index (χ0v) is 16.1. The maximum absolute atomic E-state index is 13.2. The molecule has 0 aliphatic rings. The van der Waals surface area contributed by atoms with E-state index in [0.717, 1.165) is 22.0 Å². The summed E-state index contributed by atoms with van der Waals surface area (Å²) in [6.45, 7) is 0. The third-order valence-corrected chi connectivity index (χ3v) is 4.98. The molecule has 30 heavy (non-hydrogen) atoms. The zero-order valence-electron chi connectivity index (χ0n) is 16.1. The number of rotatable bonds is 4. The van der Waals surface area contributed by atoms with Gasteiger partial charge in [0.05, 0.1) is 22.8 Å². The van der Waals surface area contributed by atoms with Crippen LogP contribution in [0.4, 0.5) is 5.95 Å². The van der Waals surface area contributed by atoms with Crippen LogP contribution < -0.4 is 11.0 Å². The van der Waals surface area contributed by atoms with Crippen LogP contribution in [0.1, 0.15) is 5.56 Å². The molecule has 4 aromatic carbocycles. The molecule has 0 atom stereocenters. The van der Waals surface area contributed by atoms with Gasteiger partial charge in [-0.05, 0) is 35.0 Å². The summed E-state index contributed by atoms with van der Waals surface area (Å²) in [6.07, 6.45) is 1.75. The highest BCUT2D eigenvalue weighted by Crippen LogP contribution is 2.18. The van der Waals surface area contributed by atoms with Crippen LogP contribution in [-0.2, 0) is 0 Å². The minimum Gasteiger partial charge on any atom is -0.268 e. The van der Waals surface area contributed by atoms with Crippen LogP contribution in [0.25, 0.3) is 27.4 Å². The summed E-state index contributed by atoms with van der Waals surface area (Å²) >= 11 is 0. The molecule has 0 aliphatic heterocycles. The molecule has 1 N–H and O–H groups in total. The van der Waals surface area contributed by atoms with Crippen molar-refractivity contribution in [3.63, 3.8) is 0 Å². The van der Waals surface area contributed by atoms with Gasteiger partial charge in [0.25, 0.3) is 5.56 Å². The van der Waals surface area contributed by atoms with Crippen LogP contribution in [0.3, 0.4) is 0 Å².